The van der Waals surface area contributed by atoms with Gasteiger partial charge in [-0.2, -0.15) is 4.57 Å². The molecular formula is C26H18NO3+. The smallest absolute Gasteiger partial charge is 0.228 e. The molecule has 0 fully saturated rings. The van der Waals surface area contributed by atoms with Crippen LogP contribution < -0.4 is 9.30 Å². The van der Waals surface area contributed by atoms with Gasteiger partial charge in [-0.05, 0) is 38.1 Å². The number of para-hydroxylation sites is 1. The van der Waals surface area contributed by atoms with Crippen LogP contribution in [0.2, 0.25) is 0 Å². The van der Waals surface area contributed by atoms with Crippen molar-refractivity contribution in [2.24, 2.45) is 7.05 Å². The van der Waals surface area contributed by atoms with E-state index in [1.54, 1.807) is 6.26 Å². The normalized spacial score (nSPS) is 12.8. The lowest BCUT2D eigenvalue weighted by Gasteiger charge is -2.21. The van der Waals surface area contributed by atoms with E-state index in [0.717, 1.165) is 77.6 Å². The van der Waals surface area contributed by atoms with Crippen LogP contribution in [-0.2, 0) is 7.05 Å². The third kappa shape index (κ3) is 1.80. The summed E-state index contributed by atoms with van der Waals surface area (Å²) in [6.07, 6.45) is 3.91. The fourth-order valence-electron chi connectivity index (χ4n) is 5.17. The third-order valence-corrected chi connectivity index (χ3v) is 6.40. The van der Waals surface area contributed by atoms with Crippen molar-refractivity contribution in [2.75, 3.05) is 0 Å². The summed E-state index contributed by atoms with van der Waals surface area (Å²) in [5.41, 5.74) is 7.16. The van der Waals surface area contributed by atoms with Crippen LogP contribution in [-0.4, -0.2) is 0 Å². The molecule has 0 spiro atoms. The van der Waals surface area contributed by atoms with E-state index < -0.39 is 0 Å². The molecule has 1 aliphatic rings. The maximum atomic E-state index is 6.55. The Morgan fingerprint density at radius 3 is 2.63 bits per heavy atom. The summed E-state index contributed by atoms with van der Waals surface area (Å²) in [6.45, 7) is 4.23. The van der Waals surface area contributed by atoms with Gasteiger partial charge in [0.2, 0.25) is 5.69 Å². The van der Waals surface area contributed by atoms with E-state index in [0.29, 0.717) is 0 Å². The fourth-order valence-corrected chi connectivity index (χ4v) is 5.17. The first-order valence-corrected chi connectivity index (χ1v) is 10.1. The van der Waals surface area contributed by atoms with E-state index in [2.05, 4.69) is 49.9 Å². The molecule has 0 N–H and O–H groups in total. The van der Waals surface area contributed by atoms with E-state index in [-0.39, 0.29) is 0 Å². The Balaban J connectivity index is 1.75. The van der Waals surface area contributed by atoms with Crippen molar-refractivity contribution in [3.05, 3.63) is 66.1 Å². The van der Waals surface area contributed by atoms with Crippen molar-refractivity contribution in [2.45, 2.75) is 13.8 Å². The molecule has 0 amide bonds. The van der Waals surface area contributed by atoms with Crippen LogP contribution in [0, 0.1) is 13.8 Å². The fraction of sp³-hybridized carbons (Fsp3) is 0.115. The summed E-state index contributed by atoms with van der Waals surface area (Å²) in [5, 5.41) is 5.44. The number of pyridine rings is 1. The second-order valence-corrected chi connectivity index (χ2v) is 8.19. The minimum absolute atomic E-state index is 0.863. The van der Waals surface area contributed by atoms with Gasteiger partial charge in [0, 0.05) is 32.7 Å². The number of nitrogens with zero attached hydrogens (tertiary/aromatic N) is 1. The molecule has 0 radical (unpaired) electrons. The minimum Gasteiger partial charge on any atom is -0.464 e. The van der Waals surface area contributed by atoms with Gasteiger partial charge in [-0.25, -0.2) is 0 Å². The van der Waals surface area contributed by atoms with Crippen LogP contribution in [0.25, 0.3) is 54.9 Å². The van der Waals surface area contributed by atoms with Crippen LogP contribution in [0.15, 0.2) is 63.8 Å². The Labute approximate surface area is 171 Å². The number of aryl methyl sites for hydroxylation is 3. The molecular weight excluding hydrogens is 374 g/mol. The molecule has 3 aromatic carbocycles. The number of hydrogen-bond acceptors (Lipinski definition) is 3. The summed E-state index contributed by atoms with van der Waals surface area (Å²) in [7, 11) is 2.09. The van der Waals surface area contributed by atoms with Crippen molar-refractivity contribution in [1.82, 2.24) is 0 Å². The number of hydrogen-bond donors (Lipinski definition) is 0. The Morgan fingerprint density at radius 1 is 0.867 bits per heavy atom. The number of fused-ring (bicyclic) bond motifs is 7. The third-order valence-electron chi connectivity index (χ3n) is 6.40. The topological polar surface area (TPSA) is 39.4 Å². The molecule has 4 heteroatoms. The van der Waals surface area contributed by atoms with Crippen molar-refractivity contribution >= 4 is 43.7 Å². The van der Waals surface area contributed by atoms with Crippen molar-refractivity contribution < 1.29 is 18.1 Å². The number of rotatable bonds is 0. The van der Waals surface area contributed by atoms with Crippen LogP contribution in [0.4, 0.5) is 0 Å². The van der Waals surface area contributed by atoms with Gasteiger partial charge >= 0.3 is 0 Å². The molecule has 0 unspecified atom stereocenters. The van der Waals surface area contributed by atoms with Gasteiger partial charge in [0.15, 0.2) is 6.20 Å². The average molecular weight is 392 g/mol. The number of furan rings is 2. The molecule has 0 atom stereocenters. The number of ether oxygens (including phenoxy) is 1. The molecule has 0 saturated carbocycles. The molecule has 3 aromatic heterocycles. The SMILES string of the molecule is Cc1c2c(cc3ccoc13)Oc1cc3c4ccccc4oc3c3c(C)c[n+](C)c-2c13. The highest BCUT2D eigenvalue weighted by Crippen LogP contribution is 2.51. The van der Waals surface area contributed by atoms with Gasteiger partial charge in [0.05, 0.1) is 11.8 Å². The number of benzene rings is 3. The zero-order chi connectivity index (χ0) is 20.1. The van der Waals surface area contributed by atoms with Crippen LogP contribution >= 0.6 is 0 Å². The molecule has 7 rings (SSSR count). The van der Waals surface area contributed by atoms with Gasteiger partial charge in [0.1, 0.15) is 40.7 Å². The molecule has 144 valence electrons. The molecule has 4 nitrogen and oxygen atoms in total. The standard InChI is InChI=1S/C26H18NO3/c1-13-12-27(3)24-22-14(2)25-15(8-9-28-25)10-19(22)29-20-11-17-16-6-4-5-7-18(16)30-26(17)21(13)23(20)24/h4-12H,1-3H3/q+1. The summed E-state index contributed by atoms with van der Waals surface area (Å²) in [6, 6.07) is 14.4. The highest BCUT2D eigenvalue weighted by atomic mass is 16.5. The van der Waals surface area contributed by atoms with Crippen molar-refractivity contribution in [3.63, 3.8) is 0 Å². The van der Waals surface area contributed by atoms with Gasteiger partial charge in [0.25, 0.3) is 0 Å². The van der Waals surface area contributed by atoms with Crippen LogP contribution in [0.5, 0.6) is 11.5 Å². The monoisotopic (exact) mass is 392 g/mol. The Bertz CT molecular complexity index is 1700. The molecule has 0 bridgehead atoms. The van der Waals surface area contributed by atoms with Crippen molar-refractivity contribution in [3.8, 4) is 22.8 Å². The number of aromatic nitrogens is 1. The quantitative estimate of drug-likeness (QED) is 0.270. The zero-order valence-corrected chi connectivity index (χ0v) is 16.9. The largest absolute Gasteiger partial charge is 0.464 e. The van der Waals surface area contributed by atoms with Crippen molar-refractivity contribution in [1.29, 1.82) is 0 Å². The maximum absolute atomic E-state index is 6.55. The van der Waals surface area contributed by atoms with Gasteiger partial charge in [-0.15, -0.1) is 0 Å². The first-order valence-electron chi connectivity index (χ1n) is 10.1. The summed E-state index contributed by atoms with van der Waals surface area (Å²) in [4.78, 5) is 0. The molecule has 4 heterocycles. The highest BCUT2D eigenvalue weighted by Gasteiger charge is 2.33. The van der Waals surface area contributed by atoms with Gasteiger partial charge < -0.3 is 13.6 Å². The highest BCUT2D eigenvalue weighted by molar-refractivity contribution is 6.20. The van der Waals surface area contributed by atoms with Gasteiger partial charge in [-0.1, -0.05) is 18.2 Å². The maximum Gasteiger partial charge on any atom is 0.228 e. The van der Waals surface area contributed by atoms with E-state index in [9.17, 15) is 0 Å². The summed E-state index contributed by atoms with van der Waals surface area (Å²) >= 11 is 0. The Hall–Kier alpha value is -3.79. The van der Waals surface area contributed by atoms with E-state index in [1.807, 2.05) is 24.3 Å². The molecule has 1 aliphatic heterocycles. The van der Waals surface area contributed by atoms with E-state index in [1.165, 1.54) is 0 Å². The summed E-state index contributed by atoms with van der Waals surface area (Å²) < 4.78 is 20.9. The van der Waals surface area contributed by atoms with Crippen LogP contribution in [0.1, 0.15) is 11.1 Å². The Kier molecular flexibility index (Phi) is 2.79. The molecule has 0 saturated heterocycles. The van der Waals surface area contributed by atoms with Gasteiger partial charge in [-0.3, -0.25) is 0 Å². The zero-order valence-electron chi connectivity index (χ0n) is 16.9. The first kappa shape index (κ1) is 16.1. The lowest BCUT2D eigenvalue weighted by atomic mass is 9.92. The Morgan fingerprint density at radius 2 is 1.73 bits per heavy atom. The van der Waals surface area contributed by atoms with E-state index >= 15 is 0 Å². The summed E-state index contributed by atoms with van der Waals surface area (Å²) in [5.74, 6) is 1.73. The first-order chi connectivity index (χ1) is 14.6. The molecule has 6 aromatic rings. The predicted molar refractivity (Wildman–Crippen MR) is 117 cm³/mol. The lowest BCUT2D eigenvalue weighted by Crippen LogP contribution is -2.32. The molecule has 0 aliphatic carbocycles. The van der Waals surface area contributed by atoms with Crippen LogP contribution in [0.3, 0.4) is 0 Å². The minimum atomic E-state index is 0.863. The predicted octanol–water partition coefficient (Wildman–Crippen LogP) is 6.70. The second kappa shape index (κ2) is 5.22. The second-order valence-electron chi connectivity index (χ2n) is 8.19. The average Bonchev–Trinajstić information content (AvgIpc) is 3.34. The lowest BCUT2D eigenvalue weighted by molar-refractivity contribution is -0.659. The molecule has 30 heavy (non-hydrogen) atoms. The van der Waals surface area contributed by atoms with E-state index in [4.69, 9.17) is 13.6 Å².